The highest BCUT2D eigenvalue weighted by molar-refractivity contribution is 9.10. The quantitative estimate of drug-likeness (QED) is 0.611. The molecule has 0 saturated carbocycles. The Balaban J connectivity index is 3.78. The van der Waals surface area contributed by atoms with E-state index in [0.717, 1.165) is 5.92 Å². The molecule has 0 radical (unpaired) electrons. The topological polar surface area (TPSA) is 0 Å². The van der Waals surface area contributed by atoms with Crippen LogP contribution in [0.4, 0.5) is 0 Å². The zero-order valence-corrected chi connectivity index (χ0v) is 9.16. The first kappa shape index (κ1) is 10.5. The Bertz CT molecular complexity index is 86.7. The van der Waals surface area contributed by atoms with Crippen LogP contribution in [0.3, 0.4) is 0 Å². The van der Waals surface area contributed by atoms with Crippen molar-refractivity contribution in [3.63, 3.8) is 0 Å². The largest absolute Gasteiger partial charge is 0.0854 e. The van der Waals surface area contributed by atoms with E-state index in [4.69, 9.17) is 0 Å². The normalized spacial score (nSPS) is 20.1. The van der Waals surface area contributed by atoms with Crippen LogP contribution in [0.15, 0.2) is 0 Å². The van der Waals surface area contributed by atoms with Gasteiger partial charge in [0.1, 0.15) is 0 Å². The van der Waals surface area contributed by atoms with Crippen LogP contribution < -0.4 is 0 Å². The molecule has 0 rings (SSSR count). The molecule has 0 aromatic carbocycles. The summed E-state index contributed by atoms with van der Waals surface area (Å²) in [5, 5.41) is 0. The summed E-state index contributed by atoms with van der Waals surface area (Å²) in [7, 11) is 0. The summed E-state index contributed by atoms with van der Waals surface area (Å²) in [4.78, 5) is 0. The fourth-order valence-corrected chi connectivity index (χ4v) is 1.31. The Hall–Kier alpha value is 0.480. The smallest absolute Gasteiger partial charge is 0.0252 e. The number of alkyl halides is 1. The average Bonchev–Trinajstić information content (AvgIpc) is 1.89. The van der Waals surface area contributed by atoms with Gasteiger partial charge in [0, 0.05) is 4.32 Å². The predicted molar refractivity (Wildman–Crippen MR) is 51.7 cm³/mol. The lowest BCUT2D eigenvalue weighted by Crippen LogP contribution is -2.24. The molecule has 0 bridgehead atoms. The van der Waals surface area contributed by atoms with Crippen LogP contribution in [-0.4, -0.2) is 4.32 Å². The van der Waals surface area contributed by atoms with Gasteiger partial charge in [-0.3, -0.25) is 0 Å². The van der Waals surface area contributed by atoms with Crippen molar-refractivity contribution in [3.8, 4) is 0 Å². The minimum atomic E-state index is 0.364. The Morgan fingerprint density at radius 2 is 1.90 bits per heavy atom. The molecule has 10 heavy (non-hydrogen) atoms. The van der Waals surface area contributed by atoms with E-state index in [-0.39, 0.29) is 0 Å². The molecule has 2 unspecified atom stereocenters. The van der Waals surface area contributed by atoms with Crippen molar-refractivity contribution < 1.29 is 0 Å². The monoisotopic (exact) mass is 206 g/mol. The van der Waals surface area contributed by atoms with Crippen LogP contribution in [0, 0.1) is 5.92 Å². The Morgan fingerprint density at radius 3 is 2.20 bits per heavy atom. The third kappa shape index (κ3) is 3.05. The molecule has 0 fully saturated rings. The lowest BCUT2D eigenvalue weighted by Gasteiger charge is -2.28. The zero-order chi connectivity index (χ0) is 8.20. The Kier molecular flexibility index (Phi) is 4.59. The van der Waals surface area contributed by atoms with Crippen molar-refractivity contribution in [3.05, 3.63) is 0 Å². The molecule has 0 N–H and O–H groups in total. The first-order chi connectivity index (χ1) is 4.54. The second-order valence-corrected chi connectivity index (χ2v) is 5.13. The summed E-state index contributed by atoms with van der Waals surface area (Å²) in [5.74, 6) is 0.794. The SMILES string of the molecule is CCCC(C)C(C)(Br)CC. The van der Waals surface area contributed by atoms with E-state index in [2.05, 4.69) is 43.6 Å². The summed E-state index contributed by atoms with van der Waals surface area (Å²) in [5.41, 5.74) is 0. The molecular formula is C9H19Br. The maximum absolute atomic E-state index is 3.75. The van der Waals surface area contributed by atoms with Gasteiger partial charge in [0.05, 0.1) is 0 Å². The zero-order valence-electron chi connectivity index (χ0n) is 7.58. The second-order valence-electron chi connectivity index (χ2n) is 3.32. The lowest BCUT2D eigenvalue weighted by atomic mass is 9.90. The van der Waals surface area contributed by atoms with Gasteiger partial charge >= 0.3 is 0 Å². The molecule has 0 aromatic heterocycles. The molecule has 0 spiro atoms. The number of halogens is 1. The molecule has 62 valence electrons. The Labute approximate surface area is 73.5 Å². The molecule has 0 aromatic rings. The highest BCUT2D eigenvalue weighted by Crippen LogP contribution is 2.33. The van der Waals surface area contributed by atoms with Crippen molar-refractivity contribution in [2.45, 2.75) is 51.3 Å². The van der Waals surface area contributed by atoms with Crippen molar-refractivity contribution >= 4 is 15.9 Å². The van der Waals surface area contributed by atoms with E-state index in [1.165, 1.54) is 19.3 Å². The van der Waals surface area contributed by atoms with Gasteiger partial charge < -0.3 is 0 Å². The highest BCUT2D eigenvalue weighted by Gasteiger charge is 2.24. The van der Waals surface area contributed by atoms with E-state index >= 15 is 0 Å². The summed E-state index contributed by atoms with van der Waals surface area (Å²) in [6.07, 6.45) is 3.84. The number of hydrogen-bond donors (Lipinski definition) is 0. The molecule has 1 heteroatoms. The van der Waals surface area contributed by atoms with Gasteiger partial charge in [-0.05, 0) is 25.7 Å². The van der Waals surface area contributed by atoms with Crippen LogP contribution in [0.25, 0.3) is 0 Å². The standard InChI is InChI=1S/C9H19Br/c1-5-7-8(3)9(4,10)6-2/h8H,5-7H2,1-4H3. The van der Waals surface area contributed by atoms with Gasteiger partial charge in [-0.2, -0.15) is 0 Å². The van der Waals surface area contributed by atoms with E-state index in [9.17, 15) is 0 Å². The van der Waals surface area contributed by atoms with E-state index in [1.54, 1.807) is 0 Å². The molecule has 0 saturated heterocycles. The van der Waals surface area contributed by atoms with E-state index in [0.29, 0.717) is 4.32 Å². The lowest BCUT2D eigenvalue weighted by molar-refractivity contribution is 0.400. The average molecular weight is 207 g/mol. The van der Waals surface area contributed by atoms with Crippen molar-refractivity contribution in [2.24, 2.45) is 5.92 Å². The van der Waals surface area contributed by atoms with E-state index in [1.807, 2.05) is 0 Å². The van der Waals surface area contributed by atoms with Gasteiger partial charge in [-0.25, -0.2) is 0 Å². The first-order valence-corrected chi connectivity index (χ1v) is 5.02. The van der Waals surface area contributed by atoms with E-state index < -0.39 is 0 Å². The molecule has 0 heterocycles. The van der Waals surface area contributed by atoms with Gasteiger partial charge in [0.25, 0.3) is 0 Å². The fourth-order valence-electron chi connectivity index (χ4n) is 1.08. The summed E-state index contributed by atoms with van der Waals surface area (Å²) in [6.45, 7) is 9.09. The molecule has 0 nitrogen and oxygen atoms in total. The van der Waals surface area contributed by atoms with Gasteiger partial charge in [0.2, 0.25) is 0 Å². The number of rotatable bonds is 4. The maximum Gasteiger partial charge on any atom is 0.0252 e. The molecule has 0 aliphatic heterocycles. The summed E-state index contributed by atoms with van der Waals surface area (Å²) in [6, 6.07) is 0. The van der Waals surface area contributed by atoms with Gasteiger partial charge in [0.15, 0.2) is 0 Å². The fraction of sp³-hybridized carbons (Fsp3) is 1.00. The van der Waals surface area contributed by atoms with Crippen LogP contribution in [0.2, 0.25) is 0 Å². The third-order valence-electron chi connectivity index (χ3n) is 2.44. The van der Waals surface area contributed by atoms with Crippen LogP contribution >= 0.6 is 15.9 Å². The van der Waals surface area contributed by atoms with Crippen molar-refractivity contribution in [1.82, 2.24) is 0 Å². The minimum absolute atomic E-state index is 0.364. The van der Waals surface area contributed by atoms with Gasteiger partial charge in [-0.1, -0.05) is 43.1 Å². The van der Waals surface area contributed by atoms with Crippen LogP contribution in [0.1, 0.15) is 47.0 Å². The van der Waals surface area contributed by atoms with Gasteiger partial charge in [-0.15, -0.1) is 0 Å². The maximum atomic E-state index is 3.75. The summed E-state index contributed by atoms with van der Waals surface area (Å²) < 4.78 is 0.364. The van der Waals surface area contributed by atoms with Crippen molar-refractivity contribution in [1.29, 1.82) is 0 Å². The molecule has 2 atom stereocenters. The molecule has 0 aliphatic carbocycles. The first-order valence-electron chi connectivity index (χ1n) is 4.23. The predicted octanol–water partition coefficient (Wildman–Crippen LogP) is 3.99. The molecule has 0 aliphatic rings. The summed E-state index contributed by atoms with van der Waals surface area (Å²) >= 11 is 3.75. The number of hydrogen-bond acceptors (Lipinski definition) is 0. The molecule has 0 amide bonds. The van der Waals surface area contributed by atoms with Crippen LogP contribution in [-0.2, 0) is 0 Å². The molecular weight excluding hydrogens is 188 g/mol. The second kappa shape index (κ2) is 4.38. The minimum Gasteiger partial charge on any atom is -0.0854 e. The van der Waals surface area contributed by atoms with Crippen molar-refractivity contribution in [2.75, 3.05) is 0 Å². The third-order valence-corrected chi connectivity index (χ3v) is 3.78. The van der Waals surface area contributed by atoms with Crippen LogP contribution in [0.5, 0.6) is 0 Å². The highest BCUT2D eigenvalue weighted by atomic mass is 79.9. The Morgan fingerprint density at radius 1 is 1.40 bits per heavy atom.